The van der Waals surface area contributed by atoms with Crippen LogP contribution in [-0.4, -0.2) is 6.54 Å². The molecule has 1 unspecified atom stereocenters. The monoisotopic (exact) mass is 234 g/mol. The molecule has 2 rings (SSSR count). The number of thiophene rings is 1. The van der Waals surface area contributed by atoms with Crippen LogP contribution in [0.2, 0.25) is 0 Å². The van der Waals surface area contributed by atoms with Crippen LogP contribution in [0.3, 0.4) is 0 Å². The van der Waals surface area contributed by atoms with Crippen LogP contribution in [0, 0.1) is 17.2 Å². The summed E-state index contributed by atoms with van der Waals surface area (Å²) >= 11 is 1.83. The molecule has 2 nitrogen and oxygen atoms in total. The highest BCUT2D eigenvalue weighted by Crippen LogP contribution is 2.37. The van der Waals surface area contributed by atoms with Crippen LogP contribution in [-0.2, 0) is 0 Å². The van der Waals surface area contributed by atoms with Gasteiger partial charge in [-0.3, -0.25) is 0 Å². The average Bonchev–Trinajstić information content (AvgIpc) is 2.97. The summed E-state index contributed by atoms with van der Waals surface area (Å²) in [5, 5.41) is 14.3. The Kier molecular flexibility index (Phi) is 4.38. The molecule has 1 fully saturated rings. The summed E-state index contributed by atoms with van der Waals surface area (Å²) in [4.78, 5) is 1.44. The van der Waals surface area contributed by atoms with E-state index in [1.165, 1.54) is 30.6 Å². The lowest BCUT2D eigenvalue weighted by Crippen LogP contribution is -2.27. The van der Waals surface area contributed by atoms with Gasteiger partial charge in [0.15, 0.2) is 0 Å². The maximum Gasteiger partial charge on any atom is 0.0635 e. The van der Waals surface area contributed by atoms with Gasteiger partial charge >= 0.3 is 0 Å². The Hall–Kier alpha value is -0.850. The van der Waals surface area contributed by atoms with Gasteiger partial charge in [-0.2, -0.15) is 5.26 Å². The lowest BCUT2D eigenvalue weighted by atomic mass is 9.96. The normalized spacial score (nSPS) is 18.4. The molecule has 1 atom stereocenters. The van der Waals surface area contributed by atoms with Gasteiger partial charge in [0.1, 0.15) is 0 Å². The molecule has 1 saturated carbocycles. The van der Waals surface area contributed by atoms with E-state index in [-0.39, 0.29) is 0 Å². The van der Waals surface area contributed by atoms with E-state index in [2.05, 4.69) is 28.9 Å². The van der Waals surface area contributed by atoms with E-state index in [1.54, 1.807) is 0 Å². The molecule has 0 bridgehead atoms. The standard InChI is InChI=1S/C13H18N2S/c14-8-4-9-15-13(11-5-1-2-6-11)12-7-3-10-16-12/h3,7,10-11,13,15H,1-2,4-6,9H2. The van der Waals surface area contributed by atoms with Crippen molar-refractivity contribution >= 4 is 11.3 Å². The molecule has 16 heavy (non-hydrogen) atoms. The Morgan fingerprint density at radius 2 is 2.31 bits per heavy atom. The first kappa shape index (κ1) is 11.6. The van der Waals surface area contributed by atoms with E-state index in [0.717, 1.165) is 12.5 Å². The Balaban J connectivity index is 1.98. The molecular formula is C13H18N2S. The zero-order valence-corrected chi connectivity index (χ0v) is 10.3. The molecule has 0 saturated heterocycles. The molecule has 1 aliphatic carbocycles. The SMILES string of the molecule is N#CCCNC(c1cccs1)C1CCCC1. The minimum Gasteiger partial charge on any atom is -0.308 e. The fraction of sp³-hybridized carbons (Fsp3) is 0.615. The molecule has 1 aromatic heterocycles. The van der Waals surface area contributed by atoms with Crippen LogP contribution in [0.1, 0.15) is 43.0 Å². The highest BCUT2D eigenvalue weighted by molar-refractivity contribution is 7.10. The molecule has 1 N–H and O–H groups in total. The predicted molar refractivity (Wildman–Crippen MR) is 67.3 cm³/mol. The largest absolute Gasteiger partial charge is 0.308 e. The maximum atomic E-state index is 8.59. The van der Waals surface area contributed by atoms with Crippen LogP contribution in [0.5, 0.6) is 0 Å². The van der Waals surface area contributed by atoms with Gasteiger partial charge in [0.2, 0.25) is 0 Å². The van der Waals surface area contributed by atoms with E-state index in [1.807, 2.05) is 11.3 Å². The van der Waals surface area contributed by atoms with E-state index >= 15 is 0 Å². The Morgan fingerprint density at radius 1 is 1.50 bits per heavy atom. The zero-order valence-electron chi connectivity index (χ0n) is 9.48. The predicted octanol–water partition coefficient (Wildman–Crippen LogP) is 3.48. The fourth-order valence-electron chi connectivity index (χ4n) is 2.54. The van der Waals surface area contributed by atoms with Crippen molar-refractivity contribution in [2.45, 2.75) is 38.1 Å². The Bertz CT molecular complexity index is 333. The maximum absolute atomic E-state index is 8.59. The molecule has 0 spiro atoms. The zero-order chi connectivity index (χ0) is 11.2. The minimum atomic E-state index is 0.482. The topological polar surface area (TPSA) is 35.8 Å². The second-order valence-corrected chi connectivity index (χ2v) is 5.38. The lowest BCUT2D eigenvalue weighted by molar-refractivity contribution is 0.376. The number of nitrogens with one attached hydrogen (secondary N) is 1. The fourth-order valence-corrected chi connectivity index (χ4v) is 3.44. The van der Waals surface area contributed by atoms with Gasteiger partial charge in [-0.25, -0.2) is 0 Å². The number of nitriles is 1. The summed E-state index contributed by atoms with van der Waals surface area (Å²) < 4.78 is 0. The van der Waals surface area contributed by atoms with Crippen molar-refractivity contribution in [3.63, 3.8) is 0 Å². The van der Waals surface area contributed by atoms with E-state index in [0.29, 0.717) is 12.5 Å². The molecule has 1 aromatic rings. The van der Waals surface area contributed by atoms with Crippen molar-refractivity contribution in [3.8, 4) is 6.07 Å². The van der Waals surface area contributed by atoms with Gasteiger partial charge in [0.25, 0.3) is 0 Å². The van der Waals surface area contributed by atoms with Crippen molar-refractivity contribution in [3.05, 3.63) is 22.4 Å². The molecule has 0 aromatic carbocycles. The molecule has 0 radical (unpaired) electrons. The quantitative estimate of drug-likeness (QED) is 0.792. The molecule has 0 amide bonds. The Morgan fingerprint density at radius 3 is 2.94 bits per heavy atom. The smallest absolute Gasteiger partial charge is 0.0635 e. The lowest BCUT2D eigenvalue weighted by Gasteiger charge is -2.23. The second kappa shape index (κ2) is 6.03. The van der Waals surface area contributed by atoms with Crippen LogP contribution in [0.4, 0.5) is 0 Å². The third-order valence-corrected chi connectivity index (χ3v) is 4.28. The van der Waals surface area contributed by atoms with Crippen molar-refractivity contribution < 1.29 is 0 Å². The van der Waals surface area contributed by atoms with Gasteiger partial charge in [-0.05, 0) is 30.2 Å². The first-order chi connectivity index (χ1) is 7.92. The molecular weight excluding hydrogens is 216 g/mol. The second-order valence-electron chi connectivity index (χ2n) is 4.40. The van der Waals surface area contributed by atoms with Crippen molar-refractivity contribution in [2.75, 3.05) is 6.54 Å². The summed E-state index contributed by atoms with van der Waals surface area (Å²) in [6.07, 6.45) is 6.01. The highest BCUT2D eigenvalue weighted by Gasteiger charge is 2.26. The number of hydrogen-bond acceptors (Lipinski definition) is 3. The molecule has 0 aliphatic heterocycles. The van der Waals surface area contributed by atoms with Crippen molar-refractivity contribution in [1.82, 2.24) is 5.32 Å². The molecule has 1 heterocycles. The highest BCUT2D eigenvalue weighted by atomic mass is 32.1. The third-order valence-electron chi connectivity index (χ3n) is 3.32. The van der Waals surface area contributed by atoms with Gasteiger partial charge in [0.05, 0.1) is 6.07 Å². The first-order valence-corrected chi connectivity index (χ1v) is 6.93. The van der Waals surface area contributed by atoms with Gasteiger partial charge < -0.3 is 5.32 Å². The van der Waals surface area contributed by atoms with E-state index < -0.39 is 0 Å². The summed E-state index contributed by atoms with van der Waals surface area (Å²) in [6, 6.07) is 7.02. The number of rotatable bonds is 5. The van der Waals surface area contributed by atoms with Gasteiger partial charge in [-0.15, -0.1) is 11.3 Å². The first-order valence-electron chi connectivity index (χ1n) is 6.05. The van der Waals surface area contributed by atoms with Gasteiger partial charge in [0, 0.05) is 23.9 Å². The van der Waals surface area contributed by atoms with Crippen LogP contribution in [0.25, 0.3) is 0 Å². The summed E-state index contributed by atoms with van der Waals surface area (Å²) in [6.45, 7) is 0.815. The summed E-state index contributed by atoms with van der Waals surface area (Å²) in [5.41, 5.74) is 0. The van der Waals surface area contributed by atoms with E-state index in [4.69, 9.17) is 5.26 Å². The number of nitrogens with zero attached hydrogens (tertiary/aromatic N) is 1. The van der Waals surface area contributed by atoms with E-state index in [9.17, 15) is 0 Å². The molecule has 86 valence electrons. The van der Waals surface area contributed by atoms with Gasteiger partial charge in [-0.1, -0.05) is 18.9 Å². The van der Waals surface area contributed by atoms with Crippen LogP contribution in [0.15, 0.2) is 17.5 Å². The molecule has 3 heteroatoms. The minimum absolute atomic E-state index is 0.482. The summed E-state index contributed by atoms with van der Waals surface area (Å²) in [7, 11) is 0. The molecule has 1 aliphatic rings. The summed E-state index contributed by atoms with van der Waals surface area (Å²) in [5.74, 6) is 0.775. The Labute approximate surface area is 101 Å². The third kappa shape index (κ3) is 2.84. The van der Waals surface area contributed by atoms with Crippen molar-refractivity contribution in [2.24, 2.45) is 5.92 Å². The average molecular weight is 234 g/mol. The van der Waals surface area contributed by atoms with Crippen LogP contribution < -0.4 is 5.32 Å². The number of hydrogen-bond donors (Lipinski definition) is 1. The van der Waals surface area contributed by atoms with Crippen molar-refractivity contribution in [1.29, 1.82) is 5.26 Å². The van der Waals surface area contributed by atoms with Crippen LogP contribution >= 0.6 is 11.3 Å².